The van der Waals surface area contributed by atoms with Crippen LogP contribution in [0.5, 0.6) is 0 Å². The summed E-state index contributed by atoms with van der Waals surface area (Å²) in [7, 11) is 3.90. The van der Waals surface area contributed by atoms with Crippen molar-refractivity contribution < 1.29 is 4.79 Å². The van der Waals surface area contributed by atoms with Crippen molar-refractivity contribution in [3.05, 3.63) is 29.3 Å². The van der Waals surface area contributed by atoms with E-state index in [1.807, 2.05) is 31.1 Å². The molecular weight excluding hydrogens is 238 g/mol. The molecule has 1 amide bonds. The Morgan fingerprint density at radius 2 is 2.05 bits per heavy atom. The predicted molar refractivity (Wildman–Crippen MR) is 78.6 cm³/mol. The zero-order chi connectivity index (χ0) is 14.0. The van der Waals surface area contributed by atoms with E-state index in [2.05, 4.69) is 30.1 Å². The molecule has 1 aliphatic rings. The first-order valence-electron chi connectivity index (χ1n) is 6.78. The molecule has 0 aromatic heterocycles. The van der Waals surface area contributed by atoms with Crippen LogP contribution in [0.2, 0.25) is 0 Å². The Kier molecular flexibility index (Phi) is 4.22. The van der Waals surface area contributed by atoms with Crippen molar-refractivity contribution in [3.8, 4) is 0 Å². The minimum Gasteiger partial charge on any atom is -0.318 e. The topological polar surface area (TPSA) is 35.6 Å². The molecule has 1 atom stereocenters. The summed E-state index contributed by atoms with van der Waals surface area (Å²) in [6.07, 6.45) is 0. The third-order valence-corrected chi connectivity index (χ3v) is 4.02. The van der Waals surface area contributed by atoms with E-state index in [0.717, 1.165) is 18.8 Å². The van der Waals surface area contributed by atoms with Gasteiger partial charge in [-0.1, -0.05) is 12.1 Å². The first-order valence-corrected chi connectivity index (χ1v) is 6.78. The third-order valence-electron chi connectivity index (χ3n) is 4.02. The number of rotatable bonds is 3. The fourth-order valence-electron chi connectivity index (χ4n) is 2.60. The Labute approximate surface area is 115 Å². The molecule has 2 rings (SSSR count). The summed E-state index contributed by atoms with van der Waals surface area (Å²) in [5.41, 5.74) is 3.48. The van der Waals surface area contributed by atoms with Gasteiger partial charge in [0, 0.05) is 25.3 Å². The molecule has 0 bridgehead atoms. The van der Waals surface area contributed by atoms with E-state index in [-0.39, 0.29) is 11.9 Å². The van der Waals surface area contributed by atoms with Crippen LogP contribution in [-0.4, -0.2) is 50.6 Å². The van der Waals surface area contributed by atoms with Crippen molar-refractivity contribution >= 4 is 11.6 Å². The number of carbonyl (C=O) groups excluding carboxylic acids is 1. The monoisotopic (exact) mass is 261 g/mol. The Morgan fingerprint density at radius 1 is 1.32 bits per heavy atom. The van der Waals surface area contributed by atoms with Crippen LogP contribution in [0.15, 0.2) is 18.2 Å². The largest absolute Gasteiger partial charge is 0.318 e. The summed E-state index contributed by atoms with van der Waals surface area (Å²) in [5.74, 6) is 0.191. The molecule has 4 nitrogen and oxygen atoms in total. The minimum atomic E-state index is -0.0707. The average Bonchev–Trinajstić information content (AvgIpc) is 2.39. The van der Waals surface area contributed by atoms with Gasteiger partial charge in [0.2, 0.25) is 5.91 Å². The van der Waals surface area contributed by atoms with Gasteiger partial charge in [0.1, 0.15) is 6.04 Å². The molecule has 1 fully saturated rings. The molecule has 0 radical (unpaired) electrons. The number of nitrogens with zero attached hydrogens (tertiary/aromatic N) is 2. The lowest BCUT2D eigenvalue weighted by molar-refractivity contribution is -0.125. The minimum absolute atomic E-state index is 0.0707. The summed E-state index contributed by atoms with van der Waals surface area (Å²) in [6.45, 7) is 6.54. The van der Waals surface area contributed by atoms with Gasteiger partial charge in [-0.2, -0.15) is 0 Å². The van der Waals surface area contributed by atoms with Gasteiger partial charge < -0.3 is 10.2 Å². The van der Waals surface area contributed by atoms with Gasteiger partial charge in [-0.25, -0.2) is 0 Å². The SMILES string of the molecule is CNCC1C(=O)N(c2cccc(C)c2C)CCN1C. The Balaban J connectivity index is 2.30. The molecule has 1 saturated heterocycles. The number of hydrogen-bond acceptors (Lipinski definition) is 3. The van der Waals surface area contributed by atoms with Crippen LogP contribution >= 0.6 is 0 Å². The number of aryl methyl sites for hydroxylation is 1. The molecule has 1 unspecified atom stereocenters. The van der Waals surface area contributed by atoms with Crippen molar-refractivity contribution in [1.29, 1.82) is 0 Å². The third kappa shape index (κ3) is 2.65. The molecule has 0 saturated carbocycles. The number of piperazine rings is 1. The Morgan fingerprint density at radius 3 is 2.74 bits per heavy atom. The van der Waals surface area contributed by atoms with Crippen LogP contribution in [0, 0.1) is 13.8 Å². The fraction of sp³-hybridized carbons (Fsp3) is 0.533. The molecule has 1 aromatic rings. The summed E-state index contributed by atoms with van der Waals surface area (Å²) in [5, 5.41) is 3.11. The van der Waals surface area contributed by atoms with Gasteiger partial charge in [0.05, 0.1) is 0 Å². The van der Waals surface area contributed by atoms with Crippen molar-refractivity contribution in [2.45, 2.75) is 19.9 Å². The lowest BCUT2D eigenvalue weighted by Crippen LogP contribution is -2.58. The molecule has 1 N–H and O–H groups in total. The van der Waals surface area contributed by atoms with Gasteiger partial charge in [0.25, 0.3) is 0 Å². The normalized spacial score (nSPS) is 20.9. The van der Waals surface area contributed by atoms with Crippen LogP contribution in [-0.2, 0) is 4.79 Å². The molecular formula is C15H23N3O. The quantitative estimate of drug-likeness (QED) is 0.887. The van der Waals surface area contributed by atoms with Gasteiger partial charge in [-0.15, -0.1) is 0 Å². The number of hydrogen-bond donors (Lipinski definition) is 1. The predicted octanol–water partition coefficient (Wildman–Crippen LogP) is 1.17. The molecule has 104 valence electrons. The maximum atomic E-state index is 12.6. The Hall–Kier alpha value is -1.39. The van der Waals surface area contributed by atoms with E-state index >= 15 is 0 Å². The molecule has 0 aliphatic carbocycles. The van der Waals surface area contributed by atoms with E-state index in [4.69, 9.17) is 0 Å². The molecule has 0 spiro atoms. The van der Waals surface area contributed by atoms with Crippen molar-refractivity contribution in [3.63, 3.8) is 0 Å². The maximum Gasteiger partial charge on any atom is 0.245 e. The highest BCUT2D eigenvalue weighted by molar-refractivity contribution is 5.98. The standard InChI is InChI=1S/C15H23N3O/c1-11-6-5-7-13(12(11)2)18-9-8-17(4)14(10-16-3)15(18)19/h5-7,14,16H,8-10H2,1-4H3. The molecule has 1 aromatic carbocycles. The first kappa shape index (κ1) is 14.0. The van der Waals surface area contributed by atoms with Crippen LogP contribution < -0.4 is 10.2 Å². The van der Waals surface area contributed by atoms with Gasteiger partial charge in [-0.3, -0.25) is 9.69 Å². The van der Waals surface area contributed by atoms with E-state index in [9.17, 15) is 4.79 Å². The highest BCUT2D eigenvalue weighted by atomic mass is 16.2. The number of nitrogens with one attached hydrogen (secondary N) is 1. The lowest BCUT2D eigenvalue weighted by Gasteiger charge is -2.39. The van der Waals surface area contributed by atoms with Crippen LogP contribution in [0.1, 0.15) is 11.1 Å². The van der Waals surface area contributed by atoms with Crippen molar-refractivity contribution in [2.24, 2.45) is 0 Å². The smallest absolute Gasteiger partial charge is 0.245 e. The molecule has 1 heterocycles. The number of amides is 1. The summed E-state index contributed by atoms with van der Waals surface area (Å²) in [6, 6.07) is 6.08. The van der Waals surface area contributed by atoms with Crippen molar-refractivity contribution in [2.75, 3.05) is 38.6 Å². The zero-order valence-corrected chi connectivity index (χ0v) is 12.2. The van der Waals surface area contributed by atoms with E-state index in [1.165, 1.54) is 11.1 Å². The highest BCUT2D eigenvalue weighted by Crippen LogP contribution is 2.25. The zero-order valence-electron chi connectivity index (χ0n) is 12.2. The lowest BCUT2D eigenvalue weighted by atomic mass is 10.0. The summed E-state index contributed by atoms with van der Waals surface area (Å²) in [4.78, 5) is 16.7. The van der Waals surface area contributed by atoms with E-state index in [1.54, 1.807) is 0 Å². The van der Waals surface area contributed by atoms with E-state index in [0.29, 0.717) is 6.54 Å². The van der Waals surface area contributed by atoms with E-state index < -0.39 is 0 Å². The second-order valence-electron chi connectivity index (χ2n) is 5.26. The average molecular weight is 261 g/mol. The molecule has 19 heavy (non-hydrogen) atoms. The second-order valence-corrected chi connectivity index (χ2v) is 5.26. The van der Waals surface area contributed by atoms with Crippen molar-refractivity contribution in [1.82, 2.24) is 10.2 Å². The fourth-order valence-corrected chi connectivity index (χ4v) is 2.60. The maximum absolute atomic E-state index is 12.6. The summed E-state index contributed by atoms with van der Waals surface area (Å²) >= 11 is 0. The van der Waals surface area contributed by atoms with Crippen LogP contribution in [0.4, 0.5) is 5.69 Å². The molecule has 1 aliphatic heterocycles. The summed E-state index contributed by atoms with van der Waals surface area (Å²) < 4.78 is 0. The number of benzene rings is 1. The van der Waals surface area contributed by atoms with Gasteiger partial charge in [0.15, 0.2) is 0 Å². The number of carbonyl (C=O) groups is 1. The molecule has 4 heteroatoms. The van der Waals surface area contributed by atoms with Gasteiger partial charge >= 0.3 is 0 Å². The van der Waals surface area contributed by atoms with Crippen LogP contribution in [0.25, 0.3) is 0 Å². The highest BCUT2D eigenvalue weighted by Gasteiger charge is 2.33. The van der Waals surface area contributed by atoms with Crippen LogP contribution in [0.3, 0.4) is 0 Å². The number of anilines is 1. The van der Waals surface area contributed by atoms with Gasteiger partial charge in [-0.05, 0) is 45.1 Å². The number of likely N-dealkylation sites (N-methyl/N-ethyl adjacent to an activating group) is 2. The Bertz CT molecular complexity index is 472. The first-order chi connectivity index (χ1) is 9.06. The second kappa shape index (κ2) is 5.72.